The fraction of sp³-hybridized carbons (Fsp3) is 0.938. The minimum atomic E-state index is -4.95. The second-order valence-electron chi connectivity index (χ2n) is 24.7. The first-order chi connectivity index (χ1) is 40.3. The number of esters is 4. The van der Waals surface area contributed by atoms with Gasteiger partial charge in [0.15, 0.2) is 12.2 Å². The van der Waals surface area contributed by atoms with Crippen LogP contribution in [0.2, 0.25) is 0 Å². The van der Waals surface area contributed by atoms with E-state index in [2.05, 4.69) is 48.5 Å². The summed E-state index contributed by atoms with van der Waals surface area (Å²) in [7, 11) is -9.89. The topological polar surface area (TPSA) is 237 Å². The second kappa shape index (κ2) is 56.3. The monoisotopic (exact) mass is 1240 g/mol. The van der Waals surface area contributed by atoms with Gasteiger partial charge in [-0.05, 0) is 43.4 Å². The van der Waals surface area contributed by atoms with Crippen molar-refractivity contribution in [3.05, 3.63) is 0 Å². The minimum Gasteiger partial charge on any atom is -0.462 e. The van der Waals surface area contributed by atoms with Crippen LogP contribution in [0.25, 0.3) is 0 Å². The number of unbranched alkanes of at least 4 members (excludes halogenated alkanes) is 30. The Bertz CT molecular complexity index is 1670. The van der Waals surface area contributed by atoms with Crippen LogP contribution >= 0.6 is 15.6 Å². The first-order valence-electron chi connectivity index (χ1n) is 33.9. The summed E-state index contributed by atoms with van der Waals surface area (Å²) in [6.45, 7) is 11.6. The van der Waals surface area contributed by atoms with Gasteiger partial charge >= 0.3 is 39.5 Å². The lowest BCUT2D eigenvalue weighted by Gasteiger charge is -2.21. The number of phosphoric ester groups is 2. The van der Waals surface area contributed by atoms with Crippen molar-refractivity contribution >= 4 is 39.5 Å². The van der Waals surface area contributed by atoms with Crippen LogP contribution in [0.4, 0.5) is 0 Å². The van der Waals surface area contributed by atoms with Crippen LogP contribution < -0.4 is 0 Å². The van der Waals surface area contributed by atoms with E-state index in [0.717, 1.165) is 109 Å². The molecule has 0 spiro atoms. The summed E-state index contributed by atoms with van der Waals surface area (Å²) in [5.74, 6) is -0.0339. The SMILES string of the molecule is CCCCCCCCCCCCCCCCCC(=O)O[C@H](COC(=O)CCCCCCCCCC(C)C)COP(=O)(O)OC[C@@H](O)COP(=O)(O)OC[C@@H](COC(=O)CCCCCCCCC(C)C)OC(=O)CCCCCCCCC(C)CC. The zero-order valence-electron chi connectivity index (χ0n) is 54.4. The molecule has 0 aliphatic carbocycles. The molecular formula is C65H126O17P2. The first-order valence-corrected chi connectivity index (χ1v) is 36.9. The van der Waals surface area contributed by atoms with Gasteiger partial charge in [-0.3, -0.25) is 37.3 Å². The van der Waals surface area contributed by atoms with E-state index in [1.165, 1.54) is 116 Å². The van der Waals surface area contributed by atoms with Gasteiger partial charge in [0.05, 0.1) is 26.4 Å². The molecule has 84 heavy (non-hydrogen) atoms. The highest BCUT2D eigenvalue weighted by Crippen LogP contribution is 2.45. The van der Waals surface area contributed by atoms with Gasteiger partial charge in [-0.15, -0.1) is 0 Å². The molecule has 0 aliphatic rings. The number of aliphatic hydroxyl groups is 1. The minimum absolute atomic E-state index is 0.102. The molecule has 498 valence electrons. The fourth-order valence-electron chi connectivity index (χ4n) is 9.62. The molecule has 0 aliphatic heterocycles. The van der Waals surface area contributed by atoms with Crippen LogP contribution in [0.3, 0.4) is 0 Å². The van der Waals surface area contributed by atoms with E-state index < -0.39 is 97.5 Å². The molecule has 0 saturated heterocycles. The van der Waals surface area contributed by atoms with Crippen molar-refractivity contribution in [2.24, 2.45) is 17.8 Å². The van der Waals surface area contributed by atoms with Gasteiger partial charge in [0.1, 0.15) is 19.3 Å². The van der Waals surface area contributed by atoms with E-state index in [9.17, 15) is 43.2 Å². The number of ether oxygens (including phenoxy) is 4. The van der Waals surface area contributed by atoms with Crippen LogP contribution in [0.5, 0.6) is 0 Å². The summed E-state index contributed by atoms with van der Waals surface area (Å²) in [6, 6.07) is 0. The molecule has 19 heteroatoms. The van der Waals surface area contributed by atoms with E-state index in [-0.39, 0.29) is 25.7 Å². The van der Waals surface area contributed by atoms with Gasteiger partial charge in [0, 0.05) is 25.7 Å². The highest BCUT2D eigenvalue weighted by molar-refractivity contribution is 7.47. The molecule has 0 bridgehead atoms. The Balaban J connectivity index is 5.23. The molecule has 17 nitrogen and oxygen atoms in total. The molecule has 0 aromatic rings. The quantitative estimate of drug-likeness (QED) is 0.0222. The van der Waals surface area contributed by atoms with Gasteiger partial charge in [0.25, 0.3) is 0 Å². The van der Waals surface area contributed by atoms with E-state index >= 15 is 0 Å². The molecule has 3 unspecified atom stereocenters. The second-order valence-corrected chi connectivity index (χ2v) is 27.6. The maximum absolute atomic E-state index is 13.0. The van der Waals surface area contributed by atoms with Gasteiger partial charge in [-0.1, -0.05) is 267 Å². The Kier molecular flexibility index (Phi) is 55.0. The lowest BCUT2D eigenvalue weighted by molar-refractivity contribution is -0.161. The molecule has 6 atom stereocenters. The van der Waals surface area contributed by atoms with Crippen LogP contribution in [-0.2, 0) is 65.4 Å². The van der Waals surface area contributed by atoms with Crippen LogP contribution in [0, 0.1) is 17.8 Å². The molecule has 0 aromatic carbocycles. The van der Waals surface area contributed by atoms with E-state index in [1.807, 2.05) is 0 Å². The maximum Gasteiger partial charge on any atom is 0.472 e. The summed E-state index contributed by atoms with van der Waals surface area (Å²) >= 11 is 0. The number of hydrogen-bond acceptors (Lipinski definition) is 15. The van der Waals surface area contributed by atoms with Crippen molar-refractivity contribution in [1.82, 2.24) is 0 Å². The number of carbonyl (C=O) groups excluding carboxylic acids is 4. The number of rotatable bonds is 63. The zero-order chi connectivity index (χ0) is 62.4. The average Bonchev–Trinajstić information content (AvgIpc) is 3.50. The first kappa shape index (κ1) is 82.1. The fourth-order valence-corrected chi connectivity index (χ4v) is 11.2. The smallest absolute Gasteiger partial charge is 0.462 e. The summed E-state index contributed by atoms with van der Waals surface area (Å²) < 4.78 is 68.0. The Hall–Kier alpha value is -1.94. The van der Waals surface area contributed by atoms with Crippen molar-refractivity contribution in [1.29, 1.82) is 0 Å². The normalized spacial score (nSPS) is 14.7. The van der Waals surface area contributed by atoms with Crippen molar-refractivity contribution in [3.63, 3.8) is 0 Å². The van der Waals surface area contributed by atoms with Crippen molar-refractivity contribution in [3.8, 4) is 0 Å². The molecule has 0 fully saturated rings. The average molecular weight is 1240 g/mol. The van der Waals surface area contributed by atoms with Crippen LogP contribution in [-0.4, -0.2) is 96.7 Å². The summed E-state index contributed by atoms with van der Waals surface area (Å²) in [4.78, 5) is 72.2. The molecule has 0 aromatic heterocycles. The third-order valence-electron chi connectivity index (χ3n) is 15.2. The van der Waals surface area contributed by atoms with Gasteiger partial charge < -0.3 is 33.8 Å². The summed E-state index contributed by atoms with van der Waals surface area (Å²) in [6.07, 6.45) is 37.8. The zero-order valence-corrected chi connectivity index (χ0v) is 56.1. The number of phosphoric acid groups is 2. The van der Waals surface area contributed by atoms with Crippen molar-refractivity contribution < 1.29 is 80.2 Å². The van der Waals surface area contributed by atoms with E-state index in [4.69, 9.17) is 37.0 Å². The molecular weight excluding hydrogens is 1110 g/mol. The van der Waals surface area contributed by atoms with Gasteiger partial charge in [0.2, 0.25) is 0 Å². The van der Waals surface area contributed by atoms with Gasteiger partial charge in [-0.2, -0.15) is 0 Å². The summed E-state index contributed by atoms with van der Waals surface area (Å²) in [5.41, 5.74) is 0. The molecule has 0 saturated carbocycles. The van der Waals surface area contributed by atoms with Crippen molar-refractivity contribution in [2.45, 2.75) is 336 Å². The van der Waals surface area contributed by atoms with Crippen LogP contribution in [0.1, 0.15) is 318 Å². The number of carbonyl (C=O) groups is 4. The highest BCUT2D eigenvalue weighted by Gasteiger charge is 2.30. The molecule has 3 N–H and O–H groups in total. The maximum atomic E-state index is 13.0. The number of hydrogen-bond donors (Lipinski definition) is 3. The third-order valence-corrected chi connectivity index (χ3v) is 17.1. The largest absolute Gasteiger partial charge is 0.472 e. The summed E-state index contributed by atoms with van der Waals surface area (Å²) in [5, 5.41) is 10.5. The highest BCUT2D eigenvalue weighted by atomic mass is 31.2. The molecule has 0 radical (unpaired) electrons. The Morgan fingerprint density at radius 2 is 0.607 bits per heavy atom. The molecule has 0 amide bonds. The molecule has 0 rings (SSSR count). The van der Waals surface area contributed by atoms with E-state index in [0.29, 0.717) is 37.5 Å². The lowest BCUT2D eigenvalue weighted by atomic mass is 10.00. The van der Waals surface area contributed by atoms with Crippen LogP contribution in [0.15, 0.2) is 0 Å². The Morgan fingerprint density at radius 3 is 0.905 bits per heavy atom. The lowest BCUT2D eigenvalue weighted by Crippen LogP contribution is -2.30. The standard InChI is InChI=1S/C65H126O17P2/c1-8-10-11-12-13-14-15-16-17-18-19-20-23-34-41-48-64(69)81-60(52-75-62(67)46-39-32-24-21-22-29-36-43-56(3)4)54-79-83(71,72)77-50-59(66)51-78-84(73,74)80-55-61(53-76-63(68)47-40-33-27-25-30-37-44-57(5)6)82-65(70)49-42-35-28-26-31-38-45-58(7)9-2/h56-61,66H,8-55H2,1-7H3,(H,71,72)(H,73,74)/t58?,59-,60-,61-/m1/s1. The third kappa shape index (κ3) is 57.8. The predicted octanol–water partition coefficient (Wildman–Crippen LogP) is 17.9. The van der Waals surface area contributed by atoms with Gasteiger partial charge in [-0.25, -0.2) is 9.13 Å². The van der Waals surface area contributed by atoms with Crippen molar-refractivity contribution in [2.75, 3.05) is 39.6 Å². The van der Waals surface area contributed by atoms with E-state index in [1.54, 1.807) is 0 Å². The Labute approximate surface area is 511 Å². The molecule has 0 heterocycles. The predicted molar refractivity (Wildman–Crippen MR) is 335 cm³/mol. The number of aliphatic hydroxyl groups excluding tert-OH is 1. The Morgan fingerprint density at radius 1 is 0.345 bits per heavy atom.